The molecule has 0 atom stereocenters. The van der Waals surface area contributed by atoms with Gasteiger partial charge in [0.1, 0.15) is 12.2 Å². The smallest absolute Gasteiger partial charge is 0.455 e. The van der Waals surface area contributed by atoms with E-state index >= 15 is 0 Å². The standard InChI is InChI=1S/C22H17ClF3N9O4/c1-10-6-11(20(38)39)7-13(18(36)27-2)16(10)29-19(37)15-8-12(9-34-32-21(30-33-34)22(24,25)26)31-35(15)17-14(23)4-3-5-28-17/h3-8H,9H2,1-2H3,(H,27,36)(H,29,37)(H,38,39). The molecule has 17 heteroatoms. The molecule has 0 aliphatic rings. The Balaban J connectivity index is 1.76. The first-order valence-electron chi connectivity index (χ1n) is 10.8. The Kier molecular flexibility index (Phi) is 7.31. The molecular formula is C22H17ClF3N9O4. The Bertz CT molecular complexity index is 1600. The van der Waals surface area contributed by atoms with E-state index in [1.807, 2.05) is 0 Å². The van der Waals surface area contributed by atoms with Crippen LogP contribution in [-0.2, 0) is 12.7 Å². The van der Waals surface area contributed by atoms with Gasteiger partial charge in [-0.2, -0.15) is 23.1 Å². The lowest BCUT2D eigenvalue weighted by Gasteiger charge is -2.15. The predicted octanol–water partition coefficient (Wildman–Crippen LogP) is 2.59. The number of hydrogen-bond donors (Lipinski definition) is 3. The summed E-state index contributed by atoms with van der Waals surface area (Å²) in [6.07, 6.45) is -3.42. The fourth-order valence-electron chi connectivity index (χ4n) is 3.50. The highest BCUT2D eigenvalue weighted by Crippen LogP contribution is 2.27. The van der Waals surface area contributed by atoms with Gasteiger partial charge in [0.15, 0.2) is 5.82 Å². The van der Waals surface area contributed by atoms with Gasteiger partial charge in [0, 0.05) is 13.2 Å². The molecule has 3 heterocycles. The SMILES string of the molecule is CNC(=O)c1cc(C(=O)O)cc(C)c1NC(=O)c1cc(Cn2nnc(C(F)(F)F)n2)nn1-c1ncccc1Cl. The number of pyridine rings is 1. The number of carbonyl (C=O) groups is 3. The molecule has 4 aromatic rings. The number of carboxylic acids is 1. The average molecular weight is 564 g/mol. The van der Waals surface area contributed by atoms with Gasteiger partial charge >= 0.3 is 12.1 Å². The summed E-state index contributed by atoms with van der Waals surface area (Å²) in [6.45, 7) is 1.11. The number of anilines is 1. The van der Waals surface area contributed by atoms with Gasteiger partial charge in [-0.05, 0) is 48.0 Å². The molecule has 0 fully saturated rings. The molecule has 2 amide bonds. The number of aryl methyl sites for hydroxylation is 1. The summed E-state index contributed by atoms with van der Waals surface area (Å²) in [5.74, 6) is -4.16. The van der Waals surface area contributed by atoms with Crippen molar-refractivity contribution in [2.75, 3.05) is 12.4 Å². The van der Waals surface area contributed by atoms with Gasteiger partial charge in [-0.15, -0.1) is 10.2 Å². The summed E-state index contributed by atoms with van der Waals surface area (Å²) in [6, 6.07) is 6.66. The van der Waals surface area contributed by atoms with E-state index in [0.717, 1.165) is 10.7 Å². The van der Waals surface area contributed by atoms with E-state index in [2.05, 4.69) is 36.1 Å². The van der Waals surface area contributed by atoms with Crippen molar-refractivity contribution in [2.45, 2.75) is 19.6 Å². The van der Waals surface area contributed by atoms with Crippen LogP contribution in [0.4, 0.5) is 18.9 Å². The van der Waals surface area contributed by atoms with E-state index in [1.54, 1.807) is 0 Å². The molecule has 0 spiro atoms. The number of carbonyl (C=O) groups excluding carboxylic acids is 2. The van der Waals surface area contributed by atoms with E-state index in [1.165, 1.54) is 44.4 Å². The first-order valence-corrected chi connectivity index (χ1v) is 11.2. The number of halogens is 4. The highest BCUT2D eigenvalue weighted by molar-refractivity contribution is 6.32. The van der Waals surface area contributed by atoms with E-state index in [9.17, 15) is 32.7 Å². The average Bonchev–Trinajstić information content (AvgIpc) is 3.52. The summed E-state index contributed by atoms with van der Waals surface area (Å²) < 4.78 is 39.7. The van der Waals surface area contributed by atoms with E-state index in [4.69, 9.17) is 11.6 Å². The number of nitrogens with one attached hydrogen (secondary N) is 2. The zero-order valence-electron chi connectivity index (χ0n) is 20.0. The van der Waals surface area contributed by atoms with E-state index in [0.29, 0.717) is 4.80 Å². The van der Waals surface area contributed by atoms with Gasteiger partial charge in [0.25, 0.3) is 17.6 Å². The van der Waals surface area contributed by atoms with Gasteiger partial charge in [-0.1, -0.05) is 11.6 Å². The summed E-state index contributed by atoms with van der Waals surface area (Å²) >= 11 is 6.25. The number of aromatic nitrogens is 7. The molecule has 0 unspecified atom stereocenters. The third kappa shape index (κ3) is 5.69. The molecule has 0 aliphatic carbocycles. The number of hydrogen-bond acceptors (Lipinski definition) is 8. The number of tetrazole rings is 1. The van der Waals surface area contributed by atoms with Crippen LogP contribution < -0.4 is 10.6 Å². The van der Waals surface area contributed by atoms with Crippen molar-refractivity contribution < 1.29 is 32.7 Å². The van der Waals surface area contributed by atoms with Gasteiger partial charge in [-0.25, -0.2) is 14.5 Å². The second kappa shape index (κ2) is 10.5. The number of amides is 2. The molecule has 1 aromatic carbocycles. The Labute approximate surface area is 221 Å². The lowest BCUT2D eigenvalue weighted by atomic mass is 10.0. The third-order valence-corrected chi connectivity index (χ3v) is 5.53. The summed E-state index contributed by atoms with van der Waals surface area (Å²) in [5, 5.41) is 28.3. The van der Waals surface area contributed by atoms with Crippen molar-refractivity contribution in [1.82, 2.24) is 40.3 Å². The van der Waals surface area contributed by atoms with Crippen molar-refractivity contribution in [3.8, 4) is 5.82 Å². The molecule has 0 radical (unpaired) electrons. The molecular weight excluding hydrogens is 547 g/mol. The first kappa shape index (κ1) is 27.2. The molecule has 0 saturated carbocycles. The van der Waals surface area contributed by atoms with Crippen LogP contribution in [0.1, 0.15) is 48.3 Å². The second-order valence-electron chi connectivity index (χ2n) is 7.94. The minimum atomic E-state index is -4.80. The maximum Gasteiger partial charge on any atom is 0.455 e. The van der Waals surface area contributed by atoms with Crippen LogP contribution in [0.2, 0.25) is 5.02 Å². The zero-order valence-corrected chi connectivity index (χ0v) is 20.7. The van der Waals surface area contributed by atoms with Gasteiger partial charge < -0.3 is 15.7 Å². The fourth-order valence-corrected chi connectivity index (χ4v) is 3.70. The molecule has 3 N–H and O–H groups in total. The summed E-state index contributed by atoms with van der Waals surface area (Å²) in [7, 11) is 1.34. The number of benzene rings is 1. The number of rotatable bonds is 7. The molecule has 3 aromatic heterocycles. The van der Waals surface area contributed by atoms with Crippen molar-refractivity contribution in [2.24, 2.45) is 0 Å². The summed E-state index contributed by atoms with van der Waals surface area (Å²) in [5.41, 5.74) is -0.0926. The highest BCUT2D eigenvalue weighted by Gasteiger charge is 2.37. The molecule has 4 rings (SSSR count). The Morgan fingerprint density at radius 3 is 2.49 bits per heavy atom. The Morgan fingerprint density at radius 2 is 1.87 bits per heavy atom. The van der Waals surface area contributed by atoms with Crippen LogP contribution in [-0.4, -0.2) is 64.9 Å². The fraction of sp³-hybridized carbons (Fsp3) is 0.182. The molecule has 39 heavy (non-hydrogen) atoms. The maximum absolute atomic E-state index is 13.5. The Hall–Kier alpha value is -4.86. The monoisotopic (exact) mass is 563 g/mol. The summed E-state index contributed by atoms with van der Waals surface area (Å²) in [4.78, 5) is 42.2. The molecule has 13 nitrogen and oxygen atoms in total. The first-order chi connectivity index (χ1) is 18.4. The molecule has 0 saturated heterocycles. The highest BCUT2D eigenvalue weighted by atomic mass is 35.5. The third-order valence-electron chi connectivity index (χ3n) is 5.23. The number of nitrogens with zero attached hydrogens (tertiary/aromatic N) is 7. The van der Waals surface area contributed by atoms with Crippen LogP contribution in [0, 0.1) is 6.92 Å². The molecule has 202 valence electrons. The van der Waals surface area contributed by atoms with Gasteiger partial charge in [-0.3, -0.25) is 9.59 Å². The minimum Gasteiger partial charge on any atom is -0.478 e. The number of aromatic carboxylic acids is 1. The van der Waals surface area contributed by atoms with Crippen molar-refractivity contribution in [1.29, 1.82) is 0 Å². The largest absolute Gasteiger partial charge is 0.478 e. The van der Waals surface area contributed by atoms with Crippen LogP contribution in [0.5, 0.6) is 0 Å². The zero-order chi connectivity index (χ0) is 28.5. The lowest BCUT2D eigenvalue weighted by Crippen LogP contribution is -2.24. The van der Waals surface area contributed by atoms with Crippen LogP contribution in [0.15, 0.2) is 36.5 Å². The minimum absolute atomic E-state index is 0.0264. The van der Waals surface area contributed by atoms with Gasteiger partial charge in [0.2, 0.25) is 0 Å². The Morgan fingerprint density at radius 1 is 1.13 bits per heavy atom. The van der Waals surface area contributed by atoms with E-state index < -0.39 is 36.3 Å². The predicted molar refractivity (Wildman–Crippen MR) is 128 cm³/mol. The van der Waals surface area contributed by atoms with Crippen molar-refractivity contribution in [3.05, 3.63) is 75.5 Å². The number of alkyl halides is 3. The normalized spacial score (nSPS) is 11.3. The second-order valence-corrected chi connectivity index (χ2v) is 8.34. The molecule has 0 bridgehead atoms. The van der Waals surface area contributed by atoms with Crippen molar-refractivity contribution >= 4 is 35.1 Å². The van der Waals surface area contributed by atoms with E-state index in [-0.39, 0.29) is 44.6 Å². The van der Waals surface area contributed by atoms with Crippen LogP contribution >= 0.6 is 11.6 Å². The van der Waals surface area contributed by atoms with Crippen molar-refractivity contribution in [3.63, 3.8) is 0 Å². The topological polar surface area (TPSA) is 170 Å². The maximum atomic E-state index is 13.5. The van der Waals surface area contributed by atoms with Crippen LogP contribution in [0.3, 0.4) is 0 Å². The number of carboxylic acid groups (broad SMARTS) is 1. The van der Waals surface area contributed by atoms with Gasteiger partial charge in [0.05, 0.1) is 27.5 Å². The quantitative estimate of drug-likeness (QED) is 0.306. The molecule has 0 aliphatic heterocycles. The van der Waals surface area contributed by atoms with Crippen LogP contribution in [0.25, 0.3) is 5.82 Å². The lowest BCUT2D eigenvalue weighted by molar-refractivity contribution is -0.145.